The monoisotopic (exact) mass is 291 g/mol. The van der Waals surface area contributed by atoms with Gasteiger partial charge in [0.15, 0.2) is 0 Å². The van der Waals surface area contributed by atoms with Crippen LogP contribution >= 0.6 is 0 Å². The van der Waals surface area contributed by atoms with Crippen LogP contribution in [0.5, 0.6) is 5.75 Å². The van der Waals surface area contributed by atoms with Gasteiger partial charge < -0.3 is 10.1 Å². The van der Waals surface area contributed by atoms with Gasteiger partial charge in [0, 0.05) is 29.0 Å². The molecule has 0 saturated carbocycles. The number of anilines is 2. The molecule has 0 aliphatic heterocycles. The number of pyridine rings is 1. The summed E-state index contributed by atoms with van der Waals surface area (Å²) in [5, 5.41) is 15.2. The first-order chi connectivity index (χ1) is 10.8. The number of aromatic nitrogens is 4. The van der Waals surface area contributed by atoms with Gasteiger partial charge in [-0.15, -0.1) is 0 Å². The first-order valence-electron chi connectivity index (χ1n) is 6.84. The molecule has 6 nitrogen and oxygen atoms in total. The largest absolute Gasteiger partial charge is 0.497 e. The second-order valence-corrected chi connectivity index (χ2v) is 4.89. The first-order valence-corrected chi connectivity index (χ1v) is 6.84. The van der Waals surface area contributed by atoms with Crippen molar-refractivity contribution < 1.29 is 4.74 Å². The molecule has 2 aromatic carbocycles. The maximum atomic E-state index is 5.24. The Hall–Kier alpha value is -3.15. The Morgan fingerprint density at radius 3 is 2.77 bits per heavy atom. The number of hydrogen-bond acceptors (Lipinski definition) is 5. The Balaban J connectivity index is 1.76. The summed E-state index contributed by atoms with van der Waals surface area (Å²) in [6.07, 6.45) is 1.78. The van der Waals surface area contributed by atoms with Crippen LogP contribution in [0.15, 0.2) is 48.7 Å². The molecule has 0 atom stereocenters. The smallest absolute Gasteiger partial charge is 0.121 e. The fourth-order valence-electron chi connectivity index (χ4n) is 2.44. The Labute approximate surface area is 126 Å². The molecule has 0 fully saturated rings. The van der Waals surface area contributed by atoms with E-state index in [1.807, 2.05) is 42.5 Å². The van der Waals surface area contributed by atoms with Gasteiger partial charge in [-0.2, -0.15) is 15.4 Å². The summed E-state index contributed by atoms with van der Waals surface area (Å²) in [6, 6.07) is 13.6. The maximum absolute atomic E-state index is 5.24. The summed E-state index contributed by atoms with van der Waals surface area (Å²) in [4.78, 5) is 4.39. The predicted octanol–water partition coefficient (Wildman–Crippen LogP) is 3.26. The zero-order chi connectivity index (χ0) is 14.9. The van der Waals surface area contributed by atoms with E-state index < -0.39 is 0 Å². The van der Waals surface area contributed by atoms with Crippen molar-refractivity contribution in [2.75, 3.05) is 12.4 Å². The third-order valence-electron chi connectivity index (χ3n) is 3.55. The van der Waals surface area contributed by atoms with Crippen molar-refractivity contribution in [2.24, 2.45) is 0 Å². The van der Waals surface area contributed by atoms with Gasteiger partial charge in [-0.3, -0.25) is 4.98 Å². The third kappa shape index (κ3) is 2.10. The molecular formula is C16H13N5O. The number of hydrogen-bond donors (Lipinski definition) is 2. The molecule has 0 spiro atoms. The molecule has 0 aliphatic carbocycles. The number of methoxy groups -OCH3 is 1. The Morgan fingerprint density at radius 2 is 1.86 bits per heavy atom. The standard InChI is InChI=1S/C16H13N5O/c1-22-11-3-4-12-13(6-7-17-15(12)9-11)18-10-2-5-14-16(8-10)20-21-19-14/h2-9H,1H3,(H,17,18)(H,19,20,21). The summed E-state index contributed by atoms with van der Waals surface area (Å²) >= 11 is 0. The van der Waals surface area contributed by atoms with Crippen LogP contribution in [0.25, 0.3) is 21.9 Å². The van der Waals surface area contributed by atoms with Crippen LogP contribution in [0.4, 0.5) is 11.4 Å². The second kappa shape index (κ2) is 5.00. The normalized spacial score (nSPS) is 11.0. The van der Waals surface area contributed by atoms with Gasteiger partial charge in [0.05, 0.1) is 12.6 Å². The SMILES string of the molecule is COc1ccc2c(Nc3ccc4n[nH]nc4c3)ccnc2c1. The van der Waals surface area contributed by atoms with Crippen molar-refractivity contribution in [3.8, 4) is 5.75 Å². The van der Waals surface area contributed by atoms with E-state index in [-0.39, 0.29) is 0 Å². The fraction of sp³-hybridized carbons (Fsp3) is 0.0625. The number of aromatic amines is 1. The molecule has 0 aliphatic rings. The molecule has 0 amide bonds. The van der Waals surface area contributed by atoms with Crippen LogP contribution in [0.3, 0.4) is 0 Å². The first kappa shape index (κ1) is 12.6. The zero-order valence-electron chi connectivity index (χ0n) is 11.9. The maximum Gasteiger partial charge on any atom is 0.121 e. The second-order valence-electron chi connectivity index (χ2n) is 4.89. The molecule has 0 bridgehead atoms. The van der Waals surface area contributed by atoms with Gasteiger partial charge in [0.2, 0.25) is 0 Å². The van der Waals surface area contributed by atoms with E-state index in [1.54, 1.807) is 13.3 Å². The van der Waals surface area contributed by atoms with Crippen LogP contribution < -0.4 is 10.1 Å². The quantitative estimate of drug-likeness (QED) is 0.606. The van der Waals surface area contributed by atoms with Crippen LogP contribution in [0.1, 0.15) is 0 Å². The molecule has 2 heterocycles. The summed E-state index contributed by atoms with van der Waals surface area (Å²) in [5.41, 5.74) is 4.48. The highest BCUT2D eigenvalue weighted by atomic mass is 16.5. The van der Waals surface area contributed by atoms with Crippen molar-refractivity contribution in [1.82, 2.24) is 20.4 Å². The highest BCUT2D eigenvalue weighted by molar-refractivity contribution is 5.94. The molecule has 0 unspecified atom stereocenters. The van der Waals surface area contributed by atoms with Crippen molar-refractivity contribution in [3.05, 3.63) is 48.7 Å². The lowest BCUT2D eigenvalue weighted by molar-refractivity contribution is 0.415. The highest BCUT2D eigenvalue weighted by Crippen LogP contribution is 2.28. The molecule has 108 valence electrons. The molecule has 4 rings (SSSR count). The van der Waals surface area contributed by atoms with Crippen LogP contribution in [0.2, 0.25) is 0 Å². The van der Waals surface area contributed by atoms with Gasteiger partial charge in [-0.05, 0) is 36.4 Å². The van der Waals surface area contributed by atoms with Gasteiger partial charge in [-0.25, -0.2) is 0 Å². The van der Waals surface area contributed by atoms with Crippen molar-refractivity contribution in [3.63, 3.8) is 0 Å². The van der Waals surface area contributed by atoms with E-state index in [1.165, 1.54) is 0 Å². The topological polar surface area (TPSA) is 75.7 Å². The Morgan fingerprint density at radius 1 is 0.955 bits per heavy atom. The van der Waals surface area contributed by atoms with E-state index in [9.17, 15) is 0 Å². The number of nitrogens with zero attached hydrogens (tertiary/aromatic N) is 3. The zero-order valence-corrected chi connectivity index (χ0v) is 11.9. The van der Waals surface area contributed by atoms with E-state index in [0.29, 0.717) is 0 Å². The number of ether oxygens (including phenoxy) is 1. The molecule has 4 aromatic rings. The van der Waals surface area contributed by atoms with Crippen molar-refractivity contribution in [1.29, 1.82) is 0 Å². The minimum atomic E-state index is 0.793. The molecule has 0 radical (unpaired) electrons. The molecule has 22 heavy (non-hydrogen) atoms. The lowest BCUT2D eigenvalue weighted by Crippen LogP contribution is -1.93. The van der Waals surface area contributed by atoms with E-state index in [0.717, 1.165) is 39.1 Å². The van der Waals surface area contributed by atoms with Crippen molar-refractivity contribution in [2.45, 2.75) is 0 Å². The molecule has 2 N–H and O–H groups in total. The minimum absolute atomic E-state index is 0.793. The molecule has 2 aromatic heterocycles. The average molecular weight is 291 g/mol. The predicted molar refractivity (Wildman–Crippen MR) is 85.5 cm³/mol. The van der Waals surface area contributed by atoms with Crippen LogP contribution in [-0.2, 0) is 0 Å². The van der Waals surface area contributed by atoms with Crippen LogP contribution in [-0.4, -0.2) is 27.5 Å². The molecular weight excluding hydrogens is 278 g/mol. The van der Waals surface area contributed by atoms with Gasteiger partial charge >= 0.3 is 0 Å². The highest BCUT2D eigenvalue weighted by Gasteiger charge is 2.05. The number of fused-ring (bicyclic) bond motifs is 2. The number of rotatable bonds is 3. The number of H-pyrrole nitrogens is 1. The lowest BCUT2D eigenvalue weighted by Gasteiger charge is -2.10. The third-order valence-corrected chi connectivity index (χ3v) is 3.55. The lowest BCUT2D eigenvalue weighted by atomic mass is 10.1. The van der Waals surface area contributed by atoms with Gasteiger partial charge in [-0.1, -0.05) is 0 Å². The summed E-state index contributed by atoms with van der Waals surface area (Å²) in [5.74, 6) is 0.793. The molecule has 0 saturated heterocycles. The van der Waals surface area contributed by atoms with Crippen molar-refractivity contribution >= 4 is 33.3 Å². The number of nitrogens with one attached hydrogen (secondary N) is 2. The fourth-order valence-corrected chi connectivity index (χ4v) is 2.44. The van der Waals surface area contributed by atoms with Crippen LogP contribution in [0, 0.1) is 0 Å². The number of benzene rings is 2. The average Bonchev–Trinajstić information content (AvgIpc) is 3.02. The summed E-state index contributed by atoms with van der Waals surface area (Å²) < 4.78 is 5.24. The summed E-state index contributed by atoms with van der Waals surface area (Å²) in [6.45, 7) is 0. The minimum Gasteiger partial charge on any atom is -0.497 e. The Kier molecular flexibility index (Phi) is 2.86. The van der Waals surface area contributed by atoms with Gasteiger partial charge in [0.1, 0.15) is 16.8 Å². The van der Waals surface area contributed by atoms with E-state index in [4.69, 9.17) is 4.74 Å². The Bertz CT molecular complexity index is 963. The van der Waals surface area contributed by atoms with Gasteiger partial charge in [0.25, 0.3) is 0 Å². The summed E-state index contributed by atoms with van der Waals surface area (Å²) in [7, 11) is 1.65. The van der Waals surface area contributed by atoms with E-state index >= 15 is 0 Å². The van der Waals surface area contributed by atoms with E-state index in [2.05, 4.69) is 25.7 Å². The molecule has 6 heteroatoms.